The molecule has 0 aromatic heterocycles. The summed E-state index contributed by atoms with van der Waals surface area (Å²) < 4.78 is 0. The normalized spacial score (nSPS) is 13.4. The Morgan fingerprint density at radius 2 is 1.70 bits per heavy atom. The second-order valence-corrected chi connectivity index (χ2v) is 8.14. The zero-order valence-corrected chi connectivity index (χ0v) is 17.9. The molecule has 0 radical (unpaired) electrons. The Balaban J connectivity index is 1.63. The number of thiocarbonyl (C=S) groups is 1. The average Bonchev–Trinajstić information content (AvgIpc) is 2.66. The molecule has 0 amide bonds. The van der Waals surface area contributed by atoms with Gasteiger partial charge in [0.25, 0.3) is 0 Å². The number of hydrogen-bond donors (Lipinski definition) is 3. The Morgan fingerprint density at radius 3 is 2.37 bits per heavy atom. The van der Waals surface area contributed by atoms with Crippen molar-refractivity contribution in [2.24, 2.45) is 0 Å². The van der Waals surface area contributed by atoms with Crippen LogP contribution in [0.5, 0.6) is 11.5 Å². The Hall–Kier alpha value is -1.11. The van der Waals surface area contributed by atoms with E-state index in [0.29, 0.717) is 46.8 Å². The van der Waals surface area contributed by atoms with E-state index in [1.54, 1.807) is 6.07 Å². The quantitative estimate of drug-likeness (QED) is 0.430. The van der Waals surface area contributed by atoms with Gasteiger partial charge in [0.1, 0.15) is 0 Å². The summed E-state index contributed by atoms with van der Waals surface area (Å²) in [5, 5.41) is 24.9. The Bertz CT molecular complexity index is 908. The van der Waals surface area contributed by atoms with E-state index in [4.69, 9.17) is 58.6 Å². The predicted octanol–water partition coefficient (Wildman–Crippen LogP) is 5.19. The summed E-state index contributed by atoms with van der Waals surface area (Å²) >= 11 is 29.8. The van der Waals surface area contributed by atoms with Crippen LogP contribution in [0.25, 0.3) is 0 Å². The maximum absolute atomic E-state index is 9.92. The molecule has 0 spiro atoms. The molecule has 0 bridgehead atoms. The van der Waals surface area contributed by atoms with Crippen molar-refractivity contribution in [3.05, 3.63) is 55.0 Å². The van der Waals surface area contributed by atoms with Gasteiger partial charge in [-0.3, -0.25) is 0 Å². The van der Waals surface area contributed by atoms with Crippen molar-refractivity contribution in [1.29, 1.82) is 0 Å². The van der Waals surface area contributed by atoms with Crippen molar-refractivity contribution in [1.82, 2.24) is 10.2 Å². The fourth-order valence-electron chi connectivity index (χ4n) is 2.99. The molecule has 0 aliphatic carbocycles. The molecular formula is C18H16Cl4N2O2S. The van der Waals surface area contributed by atoms with Crippen LogP contribution >= 0.6 is 58.6 Å². The lowest BCUT2D eigenvalue weighted by Gasteiger charge is -2.32. The smallest absolute Gasteiger partial charge is 0.178 e. The van der Waals surface area contributed by atoms with Crippen LogP contribution in [0.2, 0.25) is 20.1 Å². The number of nitrogens with zero attached hydrogens (tertiary/aromatic N) is 1. The minimum atomic E-state index is -0.402. The molecule has 1 aliphatic rings. The summed E-state index contributed by atoms with van der Waals surface area (Å²) in [5.41, 5.74) is 2.47. The highest BCUT2D eigenvalue weighted by molar-refractivity contribution is 7.80. The lowest BCUT2D eigenvalue weighted by Crippen LogP contribution is -2.43. The number of fused-ring (bicyclic) bond motifs is 1. The molecule has 144 valence electrons. The van der Waals surface area contributed by atoms with Crippen molar-refractivity contribution >= 4 is 63.7 Å². The van der Waals surface area contributed by atoms with E-state index in [1.807, 2.05) is 17.0 Å². The molecule has 2 aromatic carbocycles. The van der Waals surface area contributed by atoms with Crippen molar-refractivity contribution in [2.45, 2.75) is 19.4 Å². The van der Waals surface area contributed by atoms with E-state index in [9.17, 15) is 10.2 Å². The molecule has 0 unspecified atom stereocenters. The van der Waals surface area contributed by atoms with E-state index < -0.39 is 5.75 Å². The summed E-state index contributed by atoms with van der Waals surface area (Å²) in [6, 6.07) is 5.53. The molecule has 3 N–H and O–H groups in total. The number of hydrogen-bond acceptors (Lipinski definition) is 3. The number of aromatic hydroxyl groups is 2. The molecule has 2 aromatic rings. The summed E-state index contributed by atoms with van der Waals surface area (Å²) in [4.78, 5) is 1.95. The fourth-order valence-corrected chi connectivity index (χ4v) is 4.13. The van der Waals surface area contributed by atoms with E-state index in [0.717, 1.165) is 17.5 Å². The first kappa shape index (κ1) is 20.6. The summed E-state index contributed by atoms with van der Waals surface area (Å²) in [7, 11) is 0. The van der Waals surface area contributed by atoms with Crippen LogP contribution in [0.4, 0.5) is 0 Å². The largest absolute Gasteiger partial charge is 0.503 e. The lowest BCUT2D eigenvalue weighted by atomic mass is 9.98. The first-order chi connectivity index (χ1) is 12.8. The monoisotopic (exact) mass is 464 g/mol. The van der Waals surface area contributed by atoms with Gasteiger partial charge in [-0.05, 0) is 53.9 Å². The van der Waals surface area contributed by atoms with Gasteiger partial charge in [-0.25, -0.2) is 0 Å². The van der Waals surface area contributed by atoms with Gasteiger partial charge in [0, 0.05) is 19.6 Å². The third-order valence-corrected chi connectivity index (χ3v) is 6.43. The van der Waals surface area contributed by atoms with E-state index >= 15 is 0 Å². The Kier molecular flexibility index (Phi) is 6.49. The fraction of sp³-hybridized carbons (Fsp3) is 0.278. The number of halogens is 4. The molecule has 1 heterocycles. The van der Waals surface area contributed by atoms with E-state index in [2.05, 4.69) is 5.32 Å². The van der Waals surface area contributed by atoms with Crippen LogP contribution in [-0.4, -0.2) is 33.3 Å². The van der Waals surface area contributed by atoms with Gasteiger partial charge in [-0.15, -0.1) is 0 Å². The summed E-state index contributed by atoms with van der Waals surface area (Å²) in [6.45, 7) is 1.67. The molecular weight excluding hydrogens is 450 g/mol. The third kappa shape index (κ3) is 4.33. The molecule has 0 saturated heterocycles. The predicted molar refractivity (Wildman–Crippen MR) is 115 cm³/mol. The summed E-state index contributed by atoms with van der Waals surface area (Å²) in [6.07, 6.45) is 1.30. The number of benzene rings is 2. The van der Waals surface area contributed by atoms with Crippen LogP contribution in [-0.2, 0) is 19.4 Å². The average molecular weight is 466 g/mol. The van der Waals surface area contributed by atoms with Crippen molar-refractivity contribution in [2.75, 3.05) is 13.1 Å². The summed E-state index contributed by atoms with van der Waals surface area (Å²) in [5.74, 6) is -0.781. The van der Waals surface area contributed by atoms with Gasteiger partial charge in [0.05, 0.1) is 20.1 Å². The topological polar surface area (TPSA) is 55.7 Å². The highest BCUT2D eigenvalue weighted by Crippen LogP contribution is 2.46. The molecule has 4 nitrogen and oxygen atoms in total. The maximum Gasteiger partial charge on any atom is 0.178 e. The highest BCUT2D eigenvalue weighted by atomic mass is 35.5. The SMILES string of the molecule is Oc1c(O)c(Cl)c2c(c1Cl)CCN(C(=S)NCCc1ccc(Cl)c(Cl)c1)C2. The minimum Gasteiger partial charge on any atom is -0.503 e. The zero-order valence-electron chi connectivity index (χ0n) is 14.0. The Morgan fingerprint density at radius 1 is 1.04 bits per heavy atom. The maximum atomic E-state index is 9.92. The van der Waals surface area contributed by atoms with E-state index in [1.165, 1.54) is 0 Å². The second-order valence-electron chi connectivity index (χ2n) is 6.18. The van der Waals surface area contributed by atoms with Gasteiger partial charge in [-0.2, -0.15) is 0 Å². The molecule has 27 heavy (non-hydrogen) atoms. The van der Waals surface area contributed by atoms with Gasteiger partial charge in [0.2, 0.25) is 0 Å². The second kappa shape index (κ2) is 8.50. The van der Waals surface area contributed by atoms with Crippen molar-refractivity contribution in [3.8, 4) is 11.5 Å². The van der Waals surface area contributed by atoms with Gasteiger partial charge < -0.3 is 20.4 Å². The first-order valence-corrected chi connectivity index (χ1v) is 10.1. The number of rotatable bonds is 3. The molecule has 0 atom stereocenters. The molecule has 3 rings (SSSR count). The first-order valence-electron chi connectivity index (χ1n) is 8.17. The zero-order chi connectivity index (χ0) is 19.7. The highest BCUT2D eigenvalue weighted by Gasteiger charge is 2.27. The van der Waals surface area contributed by atoms with Gasteiger partial charge >= 0.3 is 0 Å². The molecule has 0 saturated carbocycles. The number of nitrogens with one attached hydrogen (secondary N) is 1. The molecule has 1 aliphatic heterocycles. The van der Waals surface area contributed by atoms with Crippen molar-refractivity contribution < 1.29 is 10.2 Å². The van der Waals surface area contributed by atoms with Crippen LogP contribution in [0, 0.1) is 0 Å². The molecule has 9 heteroatoms. The van der Waals surface area contributed by atoms with Crippen LogP contribution in [0.1, 0.15) is 16.7 Å². The van der Waals surface area contributed by atoms with E-state index in [-0.39, 0.29) is 15.8 Å². The van der Waals surface area contributed by atoms with Gasteiger partial charge in [-0.1, -0.05) is 52.5 Å². The Labute approximate surface area is 182 Å². The van der Waals surface area contributed by atoms with Crippen LogP contribution in [0.15, 0.2) is 18.2 Å². The van der Waals surface area contributed by atoms with Crippen molar-refractivity contribution in [3.63, 3.8) is 0 Å². The van der Waals surface area contributed by atoms with Gasteiger partial charge in [0.15, 0.2) is 16.6 Å². The number of phenols is 2. The van der Waals surface area contributed by atoms with Crippen LogP contribution < -0.4 is 5.32 Å². The third-order valence-electron chi connectivity index (χ3n) is 4.48. The minimum absolute atomic E-state index is 0.107. The van der Waals surface area contributed by atoms with Crippen LogP contribution in [0.3, 0.4) is 0 Å². The lowest BCUT2D eigenvalue weighted by molar-refractivity contribution is 0.375. The number of phenolic OH excluding ortho intramolecular Hbond substituents is 2. The standard InChI is InChI=1S/C18H16Cl4N2O2S/c19-12-2-1-9(7-13(12)20)3-5-23-18(27)24-6-4-10-11(8-24)15(22)17(26)16(25)14(10)21/h1-2,7,25-26H,3-6,8H2,(H,23,27). The molecule has 0 fully saturated rings.